The maximum absolute atomic E-state index is 12.5. The zero-order valence-electron chi connectivity index (χ0n) is 15.6. The molecule has 0 bridgehead atoms. The van der Waals surface area contributed by atoms with Crippen molar-refractivity contribution < 1.29 is 22.7 Å². The zero-order chi connectivity index (χ0) is 20.0. The molecule has 0 radical (unpaired) electrons. The number of sulfonamides is 1. The van der Waals surface area contributed by atoms with Crippen molar-refractivity contribution in [1.82, 2.24) is 4.72 Å². The molecule has 2 N–H and O–H groups in total. The summed E-state index contributed by atoms with van der Waals surface area (Å²) in [5.41, 5.74) is 1.56. The predicted octanol–water partition coefficient (Wildman–Crippen LogP) is 1.69. The summed E-state index contributed by atoms with van der Waals surface area (Å²) in [7, 11) is 2.72. The molecule has 0 unspecified atom stereocenters. The van der Waals surface area contributed by atoms with E-state index in [4.69, 9.17) is 9.47 Å². The van der Waals surface area contributed by atoms with Crippen LogP contribution in [0.5, 0.6) is 11.5 Å². The third kappa shape index (κ3) is 5.35. The molecule has 0 spiro atoms. The van der Waals surface area contributed by atoms with Crippen LogP contribution in [-0.2, 0) is 14.8 Å². The fourth-order valence-electron chi connectivity index (χ4n) is 2.28. The summed E-state index contributed by atoms with van der Waals surface area (Å²) < 4.78 is 37.4. The van der Waals surface area contributed by atoms with E-state index in [9.17, 15) is 13.2 Å². The number of hydrogen-bond donors (Lipinski definition) is 2. The topological polar surface area (TPSA) is 97.0 Å². The largest absolute Gasteiger partial charge is 0.497 e. The molecule has 27 heavy (non-hydrogen) atoms. The first-order valence-corrected chi connectivity index (χ1v) is 9.54. The first-order chi connectivity index (χ1) is 12.8. The monoisotopic (exact) mass is 393 g/mol. The average molecular weight is 393 g/mol. The molecule has 0 atom stereocenters. The van der Waals surface area contributed by atoms with Crippen LogP contribution < -0.4 is 24.4 Å². The molecule has 0 fully saturated rings. The second-order valence-electron chi connectivity index (χ2n) is 5.83. The number of methoxy groups -OCH3 is 2. The summed E-state index contributed by atoms with van der Waals surface area (Å²) in [5, 5.41) is 2.64. The van der Waals surface area contributed by atoms with Gasteiger partial charge in [-0.3, -0.25) is 4.79 Å². The smallest absolute Gasteiger partial charge is 0.244 e. The molecule has 0 aliphatic heterocycles. The summed E-state index contributed by atoms with van der Waals surface area (Å²) >= 11 is 0. The molecule has 0 heterocycles. The molecule has 0 saturated heterocycles. The van der Waals surface area contributed by atoms with Gasteiger partial charge in [0.2, 0.25) is 15.9 Å². The zero-order valence-corrected chi connectivity index (χ0v) is 16.5. The minimum Gasteiger partial charge on any atom is -0.497 e. The number of carbonyl (C=O) groups excluding carboxylic acids is 1. The number of ether oxygens (including phenoxy) is 2. The highest BCUT2D eigenvalue weighted by Gasteiger charge is 2.21. The van der Waals surface area contributed by atoms with Crippen molar-refractivity contribution in [2.24, 2.45) is 0 Å². The Balaban J connectivity index is 2.03. The van der Waals surface area contributed by atoms with E-state index in [2.05, 4.69) is 10.0 Å². The van der Waals surface area contributed by atoms with Crippen LogP contribution in [0.2, 0.25) is 0 Å². The maximum Gasteiger partial charge on any atom is 0.244 e. The van der Waals surface area contributed by atoms with Crippen LogP contribution in [0.15, 0.2) is 47.4 Å². The Morgan fingerprint density at radius 1 is 1.04 bits per heavy atom. The maximum atomic E-state index is 12.5. The van der Waals surface area contributed by atoms with E-state index in [1.807, 2.05) is 31.1 Å². The number of amides is 1. The Morgan fingerprint density at radius 3 is 2.26 bits per heavy atom. The summed E-state index contributed by atoms with van der Waals surface area (Å²) in [4.78, 5) is 13.9. The van der Waals surface area contributed by atoms with E-state index in [1.165, 1.54) is 32.4 Å². The lowest BCUT2D eigenvalue weighted by Gasteiger charge is -2.14. The van der Waals surface area contributed by atoms with Crippen molar-refractivity contribution in [3.05, 3.63) is 42.5 Å². The number of nitrogens with zero attached hydrogens (tertiary/aromatic N) is 1. The van der Waals surface area contributed by atoms with Crippen molar-refractivity contribution in [3.63, 3.8) is 0 Å². The third-order valence-corrected chi connectivity index (χ3v) is 5.19. The van der Waals surface area contributed by atoms with Gasteiger partial charge in [0.25, 0.3) is 0 Å². The van der Waals surface area contributed by atoms with Crippen molar-refractivity contribution in [1.29, 1.82) is 0 Å². The van der Waals surface area contributed by atoms with Gasteiger partial charge in [0.05, 0.1) is 20.8 Å². The average Bonchev–Trinajstić information content (AvgIpc) is 2.66. The van der Waals surface area contributed by atoms with Crippen molar-refractivity contribution in [2.45, 2.75) is 4.90 Å². The number of carbonyl (C=O) groups is 1. The van der Waals surface area contributed by atoms with E-state index in [0.29, 0.717) is 11.4 Å². The molecule has 146 valence electrons. The minimum atomic E-state index is -3.93. The fourth-order valence-corrected chi connectivity index (χ4v) is 3.41. The first-order valence-electron chi connectivity index (χ1n) is 8.05. The van der Waals surface area contributed by atoms with Gasteiger partial charge in [0.15, 0.2) is 0 Å². The Labute approximate surface area is 159 Å². The lowest BCUT2D eigenvalue weighted by Crippen LogP contribution is -2.33. The molecule has 0 aliphatic rings. The van der Waals surface area contributed by atoms with Crippen LogP contribution in [0.3, 0.4) is 0 Å². The van der Waals surface area contributed by atoms with Gasteiger partial charge in [0.1, 0.15) is 16.4 Å². The predicted molar refractivity (Wildman–Crippen MR) is 104 cm³/mol. The van der Waals surface area contributed by atoms with Crippen LogP contribution in [0, 0.1) is 0 Å². The SMILES string of the molecule is COc1ccc(S(=O)(=O)NCC(=O)Nc2ccc(N(C)C)cc2)c(OC)c1. The standard InChI is InChI=1S/C18H23N3O5S/c1-21(2)14-7-5-13(6-8-14)20-18(22)12-19-27(23,24)17-10-9-15(25-3)11-16(17)26-4/h5-11,19H,12H2,1-4H3,(H,20,22). The molecule has 0 aromatic heterocycles. The van der Waals surface area contributed by atoms with E-state index >= 15 is 0 Å². The van der Waals surface area contributed by atoms with Gasteiger partial charge >= 0.3 is 0 Å². The van der Waals surface area contributed by atoms with Gasteiger partial charge in [-0.15, -0.1) is 0 Å². The summed E-state index contributed by atoms with van der Waals surface area (Å²) in [5.74, 6) is 0.106. The second kappa shape index (κ2) is 8.74. The van der Waals surface area contributed by atoms with Crippen LogP contribution >= 0.6 is 0 Å². The molecule has 2 aromatic rings. The highest BCUT2D eigenvalue weighted by molar-refractivity contribution is 7.89. The molecule has 2 rings (SSSR count). The molecule has 2 aromatic carbocycles. The number of rotatable bonds is 8. The highest BCUT2D eigenvalue weighted by Crippen LogP contribution is 2.28. The summed E-state index contributed by atoms with van der Waals surface area (Å²) in [6, 6.07) is 11.5. The molecule has 0 saturated carbocycles. The number of hydrogen-bond acceptors (Lipinski definition) is 6. The van der Waals surface area contributed by atoms with Crippen molar-refractivity contribution in [3.8, 4) is 11.5 Å². The van der Waals surface area contributed by atoms with Gasteiger partial charge < -0.3 is 19.7 Å². The lowest BCUT2D eigenvalue weighted by molar-refractivity contribution is -0.115. The van der Waals surface area contributed by atoms with E-state index in [0.717, 1.165) is 5.69 Å². The van der Waals surface area contributed by atoms with Gasteiger partial charge in [-0.2, -0.15) is 0 Å². The van der Waals surface area contributed by atoms with E-state index < -0.39 is 22.5 Å². The van der Waals surface area contributed by atoms with E-state index in [-0.39, 0.29) is 10.6 Å². The van der Waals surface area contributed by atoms with Gasteiger partial charge in [-0.25, -0.2) is 13.1 Å². The molecule has 0 aliphatic carbocycles. The minimum absolute atomic E-state index is 0.0751. The Morgan fingerprint density at radius 2 is 1.70 bits per heavy atom. The van der Waals surface area contributed by atoms with Crippen LogP contribution in [0.4, 0.5) is 11.4 Å². The highest BCUT2D eigenvalue weighted by atomic mass is 32.2. The molecular weight excluding hydrogens is 370 g/mol. The fraction of sp³-hybridized carbons (Fsp3) is 0.278. The first kappa shape index (κ1) is 20.5. The number of nitrogens with one attached hydrogen (secondary N) is 2. The second-order valence-corrected chi connectivity index (χ2v) is 7.57. The van der Waals surface area contributed by atoms with Crippen molar-refractivity contribution >= 4 is 27.3 Å². The third-order valence-electron chi connectivity index (χ3n) is 3.75. The van der Waals surface area contributed by atoms with E-state index in [1.54, 1.807) is 12.1 Å². The number of benzene rings is 2. The summed E-state index contributed by atoms with van der Waals surface area (Å²) in [6.07, 6.45) is 0. The van der Waals surface area contributed by atoms with Crippen LogP contribution in [0.25, 0.3) is 0 Å². The molecule has 8 nitrogen and oxygen atoms in total. The quantitative estimate of drug-likeness (QED) is 0.708. The van der Waals surface area contributed by atoms with Gasteiger partial charge in [-0.1, -0.05) is 0 Å². The Kier molecular flexibility index (Phi) is 6.65. The Bertz CT molecular complexity index is 896. The van der Waals surface area contributed by atoms with Crippen molar-refractivity contribution in [2.75, 3.05) is 45.1 Å². The van der Waals surface area contributed by atoms with Gasteiger partial charge in [-0.05, 0) is 36.4 Å². The molecule has 9 heteroatoms. The Hall–Kier alpha value is -2.78. The van der Waals surface area contributed by atoms with Gasteiger partial charge in [0, 0.05) is 31.5 Å². The molecule has 1 amide bonds. The molecular formula is C18H23N3O5S. The van der Waals surface area contributed by atoms with Crippen LogP contribution in [0.1, 0.15) is 0 Å². The van der Waals surface area contributed by atoms with Crippen LogP contribution in [-0.4, -0.2) is 49.2 Å². The lowest BCUT2D eigenvalue weighted by atomic mass is 10.2. The summed E-state index contributed by atoms with van der Waals surface area (Å²) in [6.45, 7) is -0.410. The normalized spacial score (nSPS) is 11.0. The number of anilines is 2.